The third-order valence-corrected chi connectivity index (χ3v) is 2.06. The molecular formula is C7H6Cl2F2N2. The minimum Gasteiger partial charge on any atom is -0.382 e. The van der Waals surface area contributed by atoms with Crippen molar-refractivity contribution in [3.63, 3.8) is 0 Å². The first kappa shape index (κ1) is 10.5. The molecule has 0 saturated carbocycles. The number of pyridine rings is 1. The van der Waals surface area contributed by atoms with Gasteiger partial charge in [-0.3, -0.25) is 0 Å². The fourth-order valence-corrected chi connectivity index (χ4v) is 1.24. The van der Waals surface area contributed by atoms with Crippen molar-refractivity contribution in [2.45, 2.75) is 12.3 Å². The number of aromatic nitrogens is 1. The molecule has 1 aromatic heterocycles. The average molecular weight is 227 g/mol. The molecule has 0 radical (unpaired) electrons. The van der Waals surface area contributed by atoms with Crippen molar-refractivity contribution in [3.05, 3.63) is 22.3 Å². The molecule has 6 heteroatoms. The highest BCUT2D eigenvalue weighted by molar-refractivity contribution is 6.32. The van der Waals surface area contributed by atoms with Crippen LogP contribution in [0.2, 0.25) is 5.02 Å². The maximum atomic E-state index is 12.3. The van der Waals surface area contributed by atoms with Gasteiger partial charge in [-0.15, -0.1) is 11.6 Å². The zero-order valence-corrected chi connectivity index (χ0v) is 7.91. The van der Waals surface area contributed by atoms with Gasteiger partial charge in [0.15, 0.2) is 0 Å². The predicted octanol–water partition coefficient (Wildman–Crippen LogP) is 2.99. The summed E-state index contributed by atoms with van der Waals surface area (Å²) >= 11 is 11.0. The number of alkyl halides is 3. The second-order valence-electron chi connectivity index (χ2n) is 2.33. The normalized spacial score (nSPS) is 10.8. The molecule has 0 spiro atoms. The van der Waals surface area contributed by atoms with Crippen LogP contribution in [0.15, 0.2) is 6.07 Å². The van der Waals surface area contributed by atoms with Crippen LogP contribution in [0.5, 0.6) is 0 Å². The molecule has 0 aromatic carbocycles. The number of rotatable bonds is 2. The fraction of sp³-hybridized carbons (Fsp3) is 0.286. The summed E-state index contributed by atoms with van der Waals surface area (Å²) in [6, 6.07) is 1.30. The Morgan fingerprint density at radius 2 is 2.15 bits per heavy atom. The highest BCUT2D eigenvalue weighted by Crippen LogP contribution is 2.27. The molecule has 0 fully saturated rings. The highest BCUT2D eigenvalue weighted by atomic mass is 35.5. The van der Waals surface area contributed by atoms with Crippen LogP contribution in [0.3, 0.4) is 0 Å². The number of hydrogen-bond acceptors (Lipinski definition) is 2. The molecule has 0 aliphatic heterocycles. The van der Waals surface area contributed by atoms with Gasteiger partial charge in [-0.1, -0.05) is 11.6 Å². The number of halogens is 4. The van der Waals surface area contributed by atoms with E-state index < -0.39 is 12.1 Å². The number of hydrogen-bond donors (Lipinski definition) is 1. The predicted molar refractivity (Wildman–Crippen MR) is 48.2 cm³/mol. The van der Waals surface area contributed by atoms with E-state index in [-0.39, 0.29) is 22.3 Å². The Hall–Kier alpha value is -0.610. The van der Waals surface area contributed by atoms with Crippen LogP contribution in [0.25, 0.3) is 0 Å². The van der Waals surface area contributed by atoms with Crippen LogP contribution < -0.4 is 5.73 Å². The van der Waals surface area contributed by atoms with E-state index in [1.165, 1.54) is 6.07 Å². The lowest BCUT2D eigenvalue weighted by Crippen LogP contribution is -2.01. The van der Waals surface area contributed by atoms with Gasteiger partial charge >= 0.3 is 0 Å². The van der Waals surface area contributed by atoms with Crippen LogP contribution in [0.4, 0.5) is 14.6 Å². The summed E-state index contributed by atoms with van der Waals surface area (Å²) in [5, 5.41) is 0.139. The van der Waals surface area contributed by atoms with Gasteiger partial charge in [0.2, 0.25) is 0 Å². The van der Waals surface area contributed by atoms with Gasteiger partial charge in [-0.05, 0) is 11.6 Å². The molecule has 1 aromatic rings. The van der Waals surface area contributed by atoms with Crippen LogP contribution in [-0.4, -0.2) is 4.98 Å². The molecule has 0 amide bonds. The van der Waals surface area contributed by atoms with E-state index in [1.807, 2.05) is 0 Å². The van der Waals surface area contributed by atoms with E-state index in [0.717, 1.165) is 0 Å². The SMILES string of the molecule is Nc1nc(C(F)F)c(CCl)cc1Cl. The van der Waals surface area contributed by atoms with Crippen molar-refractivity contribution in [1.29, 1.82) is 0 Å². The van der Waals surface area contributed by atoms with E-state index in [1.54, 1.807) is 0 Å². The minimum atomic E-state index is -2.69. The molecule has 1 heterocycles. The molecule has 0 atom stereocenters. The van der Waals surface area contributed by atoms with E-state index in [4.69, 9.17) is 28.9 Å². The summed E-state index contributed by atoms with van der Waals surface area (Å²) in [4.78, 5) is 3.45. The lowest BCUT2D eigenvalue weighted by atomic mass is 10.2. The second kappa shape index (κ2) is 4.07. The zero-order valence-electron chi connectivity index (χ0n) is 6.40. The molecule has 0 saturated heterocycles. The molecule has 2 nitrogen and oxygen atoms in total. The molecule has 2 N–H and O–H groups in total. The first-order chi connectivity index (χ1) is 6.06. The molecule has 13 heavy (non-hydrogen) atoms. The molecular weight excluding hydrogens is 221 g/mol. The van der Waals surface area contributed by atoms with Crippen molar-refractivity contribution < 1.29 is 8.78 Å². The Balaban J connectivity index is 3.25. The fourth-order valence-electron chi connectivity index (χ4n) is 0.852. The monoisotopic (exact) mass is 226 g/mol. The van der Waals surface area contributed by atoms with E-state index in [0.29, 0.717) is 0 Å². The van der Waals surface area contributed by atoms with Gasteiger partial charge in [0.1, 0.15) is 11.5 Å². The Morgan fingerprint density at radius 3 is 2.62 bits per heavy atom. The summed E-state index contributed by atoms with van der Waals surface area (Å²) in [6.45, 7) is 0. The molecule has 0 bridgehead atoms. The summed E-state index contributed by atoms with van der Waals surface area (Å²) in [7, 11) is 0. The van der Waals surface area contributed by atoms with Gasteiger partial charge in [-0.2, -0.15) is 0 Å². The van der Waals surface area contributed by atoms with Crippen LogP contribution >= 0.6 is 23.2 Å². The van der Waals surface area contributed by atoms with E-state index in [9.17, 15) is 8.78 Å². The van der Waals surface area contributed by atoms with E-state index in [2.05, 4.69) is 4.98 Å². The van der Waals surface area contributed by atoms with Crippen molar-refractivity contribution in [3.8, 4) is 0 Å². The topological polar surface area (TPSA) is 38.9 Å². The standard InChI is InChI=1S/C7H6Cl2F2N2/c8-2-3-1-4(9)7(12)13-5(3)6(10)11/h1,6H,2H2,(H2,12,13). The van der Waals surface area contributed by atoms with Crippen LogP contribution in [-0.2, 0) is 5.88 Å². The summed E-state index contributed by atoms with van der Waals surface area (Å²) in [6.07, 6.45) is -2.69. The Kier molecular flexibility index (Phi) is 3.27. The lowest BCUT2D eigenvalue weighted by molar-refractivity contribution is 0.145. The lowest BCUT2D eigenvalue weighted by Gasteiger charge is -2.07. The van der Waals surface area contributed by atoms with Crippen LogP contribution in [0.1, 0.15) is 17.7 Å². The Labute approximate surface area is 83.7 Å². The van der Waals surface area contributed by atoms with Crippen LogP contribution in [0, 0.1) is 0 Å². The van der Waals surface area contributed by atoms with Gasteiger partial charge in [0, 0.05) is 5.88 Å². The van der Waals surface area contributed by atoms with Gasteiger partial charge in [-0.25, -0.2) is 13.8 Å². The van der Waals surface area contributed by atoms with Crippen molar-refractivity contribution in [2.24, 2.45) is 0 Å². The van der Waals surface area contributed by atoms with Crippen molar-refractivity contribution >= 4 is 29.0 Å². The largest absolute Gasteiger partial charge is 0.382 e. The second-order valence-corrected chi connectivity index (χ2v) is 3.01. The molecule has 0 aliphatic carbocycles. The summed E-state index contributed by atoms with van der Waals surface area (Å²) < 4.78 is 24.6. The molecule has 0 aliphatic rings. The molecule has 1 rings (SSSR count). The third-order valence-electron chi connectivity index (χ3n) is 1.47. The average Bonchev–Trinajstić information content (AvgIpc) is 2.08. The van der Waals surface area contributed by atoms with Gasteiger partial charge in [0.25, 0.3) is 6.43 Å². The van der Waals surface area contributed by atoms with Crippen molar-refractivity contribution in [1.82, 2.24) is 4.98 Å². The quantitative estimate of drug-likeness (QED) is 0.788. The molecule has 0 unspecified atom stereocenters. The number of nitrogen functional groups attached to an aromatic ring is 1. The minimum absolute atomic E-state index is 0.0628. The first-order valence-corrected chi connectivity index (χ1v) is 4.26. The molecule has 72 valence electrons. The number of nitrogens with zero attached hydrogens (tertiary/aromatic N) is 1. The first-order valence-electron chi connectivity index (χ1n) is 3.35. The highest BCUT2D eigenvalue weighted by Gasteiger charge is 2.16. The van der Waals surface area contributed by atoms with Gasteiger partial charge < -0.3 is 5.73 Å². The van der Waals surface area contributed by atoms with Crippen molar-refractivity contribution in [2.75, 3.05) is 5.73 Å². The number of nitrogens with two attached hydrogens (primary N) is 1. The maximum Gasteiger partial charge on any atom is 0.280 e. The number of anilines is 1. The maximum absolute atomic E-state index is 12.3. The van der Waals surface area contributed by atoms with Gasteiger partial charge in [0.05, 0.1) is 5.02 Å². The third kappa shape index (κ3) is 2.19. The summed E-state index contributed by atoms with van der Waals surface area (Å²) in [5.74, 6) is -0.169. The summed E-state index contributed by atoms with van der Waals surface area (Å²) in [5.41, 5.74) is 5.06. The Morgan fingerprint density at radius 1 is 1.54 bits per heavy atom. The van der Waals surface area contributed by atoms with E-state index >= 15 is 0 Å². The smallest absolute Gasteiger partial charge is 0.280 e. The Bertz CT molecular complexity index is 318. The zero-order chi connectivity index (χ0) is 10.0.